The molecule has 1 aliphatic rings. The molecule has 1 amide bonds. The van der Waals surface area contributed by atoms with Crippen molar-refractivity contribution in [3.8, 4) is 0 Å². The van der Waals surface area contributed by atoms with Gasteiger partial charge in [-0.3, -0.25) is 4.79 Å². The van der Waals surface area contributed by atoms with Crippen molar-refractivity contribution >= 4 is 11.6 Å². The largest absolute Gasteiger partial charge is 0.369 e. The van der Waals surface area contributed by atoms with Gasteiger partial charge in [-0.15, -0.1) is 0 Å². The summed E-state index contributed by atoms with van der Waals surface area (Å²) in [7, 11) is 0. The van der Waals surface area contributed by atoms with Gasteiger partial charge in [0.05, 0.1) is 0 Å². The lowest BCUT2D eigenvalue weighted by atomic mass is 10.1. The monoisotopic (exact) mass is 258 g/mol. The lowest BCUT2D eigenvalue weighted by Crippen LogP contribution is -2.38. The van der Waals surface area contributed by atoms with Crippen LogP contribution in [0.25, 0.3) is 0 Å². The normalized spacial score (nSPS) is 20.2. The molecule has 1 aromatic rings. The Bertz CT molecular complexity index is 442. The quantitative estimate of drug-likeness (QED) is 0.853. The summed E-state index contributed by atoms with van der Waals surface area (Å²) in [6, 6.07) is 0.474. The fourth-order valence-electron chi connectivity index (χ4n) is 1.93. The second-order valence-electron chi connectivity index (χ2n) is 4.23. The molecule has 0 aliphatic carbocycles. The molecular weight excluding hydrogens is 245 g/mol. The highest BCUT2D eigenvalue weighted by Crippen LogP contribution is 2.22. The zero-order valence-corrected chi connectivity index (χ0v) is 9.60. The first-order chi connectivity index (χ1) is 8.58. The molecule has 98 valence electrons. The Labute approximate surface area is 102 Å². The third-order valence-electron chi connectivity index (χ3n) is 2.86. The first kappa shape index (κ1) is 12.7. The summed E-state index contributed by atoms with van der Waals surface area (Å²) in [6.45, 7) is 0.561. The molecule has 6 heteroatoms. The lowest BCUT2D eigenvalue weighted by Gasteiger charge is -2.17. The highest BCUT2D eigenvalue weighted by Gasteiger charge is 2.23. The molecule has 0 spiro atoms. The van der Waals surface area contributed by atoms with Crippen LogP contribution in [0.15, 0.2) is 12.1 Å². The predicted octanol–water partition coefficient (Wildman–Crippen LogP) is 2.18. The van der Waals surface area contributed by atoms with Crippen LogP contribution in [0.1, 0.15) is 19.3 Å². The molecule has 1 aromatic carbocycles. The number of nitrogens with one attached hydrogen (secondary N) is 2. The molecule has 1 atom stereocenters. The first-order valence-electron chi connectivity index (χ1n) is 5.76. The van der Waals surface area contributed by atoms with E-state index in [4.69, 9.17) is 0 Å². The second kappa shape index (κ2) is 5.29. The van der Waals surface area contributed by atoms with Crippen molar-refractivity contribution in [3.63, 3.8) is 0 Å². The number of carbonyl (C=O) groups excluding carboxylic acids is 1. The molecule has 0 saturated carbocycles. The van der Waals surface area contributed by atoms with Gasteiger partial charge in [0.15, 0.2) is 11.6 Å². The van der Waals surface area contributed by atoms with Gasteiger partial charge >= 0.3 is 0 Å². The van der Waals surface area contributed by atoms with Crippen LogP contribution in [0.5, 0.6) is 0 Å². The number of amides is 1. The summed E-state index contributed by atoms with van der Waals surface area (Å²) < 4.78 is 39.6. The smallest absolute Gasteiger partial charge is 0.242 e. The van der Waals surface area contributed by atoms with Crippen LogP contribution in [0.2, 0.25) is 0 Å². The molecule has 3 nitrogen and oxygen atoms in total. The average molecular weight is 258 g/mol. The number of benzene rings is 1. The van der Waals surface area contributed by atoms with Crippen LogP contribution in [-0.2, 0) is 4.79 Å². The van der Waals surface area contributed by atoms with Crippen molar-refractivity contribution in [2.45, 2.75) is 25.3 Å². The van der Waals surface area contributed by atoms with Crippen molar-refractivity contribution in [3.05, 3.63) is 29.6 Å². The van der Waals surface area contributed by atoms with Crippen LogP contribution < -0.4 is 10.6 Å². The molecule has 1 aliphatic heterocycles. The maximum Gasteiger partial charge on any atom is 0.242 e. The third kappa shape index (κ3) is 2.75. The molecule has 1 saturated heterocycles. The summed E-state index contributed by atoms with van der Waals surface area (Å²) in [6.07, 6.45) is 2.10. The van der Waals surface area contributed by atoms with Crippen molar-refractivity contribution in [1.29, 1.82) is 0 Å². The molecule has 0 aromatic heterocycles. The van der Waals surface area contributed by atoms with Gasteiger partial charge in [-0.1, -0.05) is 0 Å². The molecule has 2 rings (SSSR count). The van der Waals surface area contributed by atoms with E-state index < -0.39 is 29.2 Å². The van der Waals surface area contributed by atoms with Crippen LogP contribution in [0, 0.1) is 17.5 Å². The number of rotatable bonds is 2. The molecule has 1 fully saturated rings. The SMILES string of the molecule is O=C1NCCCCC1Nc1c(F)cc(F)cc1F. The van der Waals surface area contributed by atoms with Gasteiger partial charge in [-0.2, -0.15) is 0 Å². The minimum atomic E-state index is -1.04. The molecule has 1 heterocycles. The van der Waals surface area contributed by atoms with E-state index in [0.29, 0.717) is 25.1 Å². The Morgan fingerprint density at radius 2 is 1.83 bits per heavy atom. The highest BCUT2D eigenvalue weighted by molar-refractivity contribution is 5.84. The van der Waals surface area contributed by atoms with Crippen LogP contribution in [0.4, 0.5) is 18.9 Å². The number of hydrogen-bond donors (Lipinski definition) is 2. The van der Waals surface area contributed by atoms with Gasteiger partial charge in [-0.05, 0) is 19.3 Å². The minimum absolute atomic E-state index is 0.296. The van der Waals surface area contributed by atoms with Crippen molar-refractivity contribution in [1.82, 2.24) is 5.32 Å². The van der Waals surface area contributed by atoms with Crippen molar-refractivity contribution < 1.29 is 18.0 Å². The van der Waals surface area contributed by atoms with Gasteiger partial charge in [0.25, 0.3) is 0 Å². The maximum absolute atomic E-state index is 13.4. The zero-order chi connectivity index (χ0) is 13.1. The van der Waals surface area contributed by atoms with Crippen molar-refractivity contribution in [2.75, 3.05) is 11.9 Å². The van der Waals surface area contributed by atoms with Gasteiger partial charge in [0.1, 0.15) is 17.5 Å². The lowest BCUT2D eigenvalue weighted by molar-refractivity contribution is -0.121. The molecule has 18 heavy (non-hydrogen) atoms. The minimum Gasteiger partial charge on any atom is -0.369 e. The van der Waals surface area contributed by atoms with Gasteiger partial charge in [-0.25, -0.2) is 13.2 Å². The Hall–Kier alpha value is -1.72. The Morgan fingerprint density at radius 1 is 1.17 bits per heavy atom. The van der Waals surface area contributed by atoms with Crippen LogP contribution >= 0.6 is 0 Å². The zero-order valence-electron chi connectivity index (χ0n) is 9.60. The van der Waals surface area contributed by atoms with Crippen molar-refractivity contribution in [2.24, 2.45) is 0 Å². The van der Waals surface area contributed by atoms with E-state index in [0.717, 1.165) is 12.8 Å². The number of hydrogen-bond acceptors (Lipinski definition) is 2. The second-order valence-corrected chi connectivity index (χ2v) is 4.23. The van der Waals surface area contributed by atoms with E-state index in [1.807, 2.05) is 0 Å². The summed E-state index contributed by atoms with van der Waals surface area (Å²) >= 11 is 0. The van der Waals surface area contributed by atoms with Gasteiger partial charge in [0.2, 0.25) is 5.91 Å². The molecular formula is C12H13F3N2O. The van der Waals surface area contributed by atoms with E-state index in [9.17, 15) is 18.0 Å². The molecule has 0 bridgehead atoms. The van der Waals surface area contributed by atoms with E-state index in [1.165, 1.54) is 0 Å². The Balaban J connectivity index is 2.20. The topological polar surface area (TPSA) is 41.1 Å². The molecule has 2 N–H and O–H groups in total. The van der Waals surface area contributed by atoms with Crippen LogP contribution in [0.3, 0.4) is 0 Å². The average Bonchev–Trinajstić information content (AvgIpc) is 2.49. The molecule has 0 radical (unpaired) electrons. The fourth-order valence-corrected chi connectivity index (χ4v) is 1.93. The van der Waals surface area contributed by atoms with E-state index in [-0.39, 0.29) is 5.91 Å². The first-order valence-corrected chi connectivity index (χ1v) is 5.76. The summed E-state index contributed by atoms with van der Waals surface area (Å²) in [5.41, 5.74) is -0.460. The van der Waals surface area contributed by atoms with Gasteiger partial charge in [0, 0.05) is 18.7 Å². The third-order valence-corrected chi connectivity index (χ3v) is 2.86. The number of carbonyl (C=O) groups is 1. The van der Waals surface area contributed by atoms with E-state index in [2.05, 4.69) is 10.6 Å². The predicted molar refractivity (Wildman–Crippen MR) is 60.6 cm³/mol. The fraction of sp³-hybridized carbons (Fsp3) is 0.417. The summed E-state index contributed by atoms with van der Waals surface area (Å²) in [5.74, 6) is -3.36. The van der Waals surface area contributed by atoms with Gasteiger partial charge < -0.3 is 10.6 Å². The molecule has 1 unspecified atom stereocenters. The maximum atomic E-state index is 13.4. The Morgan fingerprint density at radius 3 is 2.50 bits per heavy atom. The van der Waals surface area contributed by atoms with Crippen LogP contribution in [-0.4, -0.2) is 18.5 Å². The summed E-state index contributed by atoms with van der Waals surface area (Å²) in [5, 5.41) is 5.15. The van der Waals surface area contributed by atoms with E-state index >= 15 is 0 Å². The number of anilines is 1. The van der Waals surface area contributed by atoms with E-state index in [1.54, 1.807) is 0 Å². The number of halogens is 3. The summed E-state index contributed by atoms with van der Waals surface area (Å²) in [4.78, 5) is 11.6. The Kier molecular flexibility index (Phi) is 3.74. The highest BCUT2D eigenvalue weighted by atomic mass is 19.1. The standard InChI is InChI=1S/C12H13F3N2O/c13-7-5-8(14)11(9(15)6-7)17-10-3-1-2-4-16-12(10)18/h5-6,10,17H,1-4H2,(H,16,18).